The van der Waals surface area contributed by atoms with Gasteiger partial charge in [-0.3, -0.25) is 4.79 Å². The first-order valence-electron chi connectivity index (χ1n) is 9.56. The highest BCUT2D eigenvalue weighted by atomic mass is 16.4. The van der Waals surface area contributed by atoms with Crippen LogP contribution in [0.1, 0.15) is 110 Å². The summed E-state index contributed by atoms with van der Waals surface area (Å²) in [6.45, 7) is 4.35. The standard InChI is InChI=1S/C20H38O2/c1-3-5-6-7-8-9-10-11-12-13-14-16-19(4-2)17-15-18-20(21)22/h4H,3,5-18H2,1-2H3,(H,21,22). The van der Waals surface area contributed by atoms with Crippen molar-refractivity contribution in [2.45, 2.75) is 110 Å². The van der Waals surface area contributed by atoms with Gasteiger partial charge in [-0.15, -0.1) is 0 Å². The third kappa shape index (κ3) is 15.6. The van der Waals surface area contributed by atoms with Crippen LogP contribution in [0, 0.1) is 0 Å². The lowest BCUT2D eigenvalue weighted by molar-refractivity contribution is -0.137. The van der Waals surface area contributed by atoms with Crippen LogP contribution in [-0.4, -0.2) is 11.1 Å². The zero-order chi connectivity index (χ0) is 16.5. The minimum atomic E-state index is -0.676. The zero-order valence-corrected chi connectivity index (χ0v) is 15.0. The summed E-state index contributed by atoms with van der Waals surface area (Å²) in [5, 5.41) is 8.66. The first kappa shape index (κ1) is 21.2. The topological polar surface area (TPSA) is 37.3 Å². The smallest absolute Gasteiger partial charge is 0.303 e. The van der Waals surface area contributed by atoms with Gasteiger partial charge in [-0.25, -0.2) is 0 Å². The highest BCUT2D eigenvalue weighted by molar-refractivity contribution is 5.66. The fourth-order valence-electron chi connectivity index (χ4n) is 2.90. The van der Waals surface area contributed by atoms with Crippen molar-refractivity contribution in [3.63, 3.8) is 0 Å². The van der Waals surface area contributed by atoms with Gasteiger partial charge in [-0.05, 0) is 32.6 Å². The summed E-state index contributed by atoms with van der Waals surface area (Å²) in [6.07, 6.45) is 20.6. The van der Waals surface area contributed by atoms with E-state index in [9.17, 15) is 4.79 Å². The van der Waals surface area contributed by atoms with E-state index in [1.54, 1.807) is 0 Å². The predicted octanol–water partition coefficient (Wildman–Crippen LogP) is 6.89. The van der Waals surface area contributed by atoms with Gasteiger partial charge < -0.3 is 5.11 Å². The van der Waals surface area contributed by atoms with Crippen LogP contribution in [0.3, 0.4) is 0 Å². The van der Waals surface area contributed by atoms with Gasteiger partial charge in [-0.2, -0.15) is 0 Å². The molecule has 0 rings (SSSR count). The molecule has 1 N–H and O–H groups in total. The van der Waals surface area contributed by atoms with Crippen molar-refractivity contribution in [2.24, 2.45) is 0 Å². The number of carboxylic acid groups (broad SMARTS) is 1. The van der Waals surface area contributed by atoms with Gasteiger partial charge in [0.05, 0.1) is 0 Å². The van der Waals surface area contributed by atoms with Crippen molar-refractivity contribution in [2.75, 3.05) is 0 Å². The molecule has 0 spiro atoms. The Hall–Kier alpha value is -0.790. The van der Waals surface area contributed by atoms with E-state index in [1.807, 2.05) is 0 Å². The molecule has 22 heavy (non-hydrogen) atoms. The van der Waals surface area contributed by atoms with Gasteiger partial charge in [0.25, 0.3) is 0 Å². The Kier molecular flexibility index (Phi) is 16.0. The molecule has 130 valence electrons. The maximum Gasteiger partial charge on any atom is 0.303 e. The number of unbranched alkanes of at least 4 members (excludes halogenated alkanes) is 10. The Balaban J connectivity index is 3.31. The molecule has 0 heterocycles. The molecule has 0 aromatic rings. The van der Waals surface area contributed by atoms with Crippen molar-refractivity contribution in [3.8, 4) is 0 Å². The average molecular weight is 311 g/mol. The third-order valence-electron chi connectivity index (χ3n) is 4.40. The number of carbonyl (C=O) groups is 1. The number of aliphatic carboxylic acids is 1. The van der Waals surface area contributed by atoms with Crippen LogP contribution in [-0.2, 0) is 4.79 Å². The van der Waals surface area contributed by atoms with Crippen LogP contribution >= 0.6 is 0 Å². The molecule has 0 saturated heterocycles. The molecule has 0 unspecified atom stereocenters. The summed E-state index contributed by atoms with van der Waals surface area (Å²) >= 11 is 0. The monoisotopic (exact) mass is 310 g/mol. The van der Waals surface area contributed by atoms with Crippen LogP contribution in [0.25, 0.3) is 0 Å². The molecular formula is C20H38O2. The van der Waals surface area contributed by atoms with Gasteiger partial charge in [0.1, 0.15) is 0 Å². The van der Waals surface area contributed by atoms with Crippen molar-refractivity contribution in [1.29, 1.82) is 0 Å². The zero-order valence-electron chi connectivity index (χ0n) is 15.0. The summed E-state index contributed by atoms with van der Waals surface area (Å²) in [5.74, 6) is -0.676. The third-order valence-corrected chi connectivity index (χ3v) is 4.40. The molecular weight excluding hydrogens is 272 g/mol. The fraction of sp³-hybridized carbons (Fsp3) is 0.850. The van der Waals surface area contributed by atoms with E-state index in [0.717, 1.165) is 19.3 Å². The molecule has 0 amide bonds. The Morgan fingerprint density at radius 1 is 0.727 bits per heavy atom. The van der Waals surface area contributed by atoms with Crippen molar-refractivity contribution in [3.05, 3.63) is 11.6 Å². The van der Waals surface area contributed by atoms with Crippen molar-refractivity contribution in [1.82, 2.24) is 0 Å². The summed E-state index contributed by atoms with van der Waals surface area (Å²) < 4.78 is 0. The molecule has 0 atom stereocenters. The molecule has 0 fully saturated rings. The lowest BCUT2D eigenvalue weighted by Gasteiger charge is -2.06. The predicted molar refractivity (Wildman–Crippen MR) is 96.3 cm³/mol. The van der Waals surface area contributed by atoms with E-state index in [2.05, 4.69) is 19.9 Å². The highest BCUT2D eigenvalue weighted by Gasteiger charge is 2.01. The van der Waals surface area contributed by atoms with Gasteiger partial charge in [0.15, 0.2) is 0 Å². The second kappa shape index (κ2) is 16.6. The van der Waals surface area contributed by atoms with Crippen molar-refractivity contribution < 1.29 is 9.90 Å². The number of rotatable bonds is 16. The quantitative estimate of drug-likeness (QED) is 0.249. The Morgan fingerprint density at radius 3 is 1.64 bits per heavy atom. The largest absolute Gasteiger partial charge is 0.481 e. The molecule has 0 bridgehead atoms. The summed E-state index contributed by atoms with van der Waals surface area (Å²) in [5.41, 5.74) is 1.44. The van der Waals surface area contributed by atoms with Crippen LogP contribution in [0.2, 0.25) is 0 Å². The van der Waals surface area contributed by atoms with Gasteiger partial charge in [0, 0.05) is 6.42 Å². The number of hydrogen-bond acceptors (Lipinski definition) is 1. The van der Waals surface area contributed by atoms with Gasteiger partial charge in [0.2, 0.25) is 0 Å². The summed E-state index contributed by atoms with van der Waals surface area (Å²) in [4.78, 5) is 10.5. The molecule has 0 aromatic carbocycles. The maximum atomic E-state index is 10.5. The van der Waals surface area contributed by atoms with E-state index in [4.69, 9.17) is 5.11 Å². The number of allylic oxidation sites excluding steroid dienone is 2. The van der Waals surface area contributed by atoms with E-state index in [-0.39, 0.29) is 0 Å². The van der Waals surface area contributed by atoms with Crippen LogP contribution in [0.4, 0.5) is 0 Å². The SMILES string of the molecule is CC=C(CCCCCCCCCCCCC)CCCC(=O)O. The van der Waals surface area contributed by atoms with Gasteiger partial charge >= 0.3 is 5.97 Å². The minimum Gasteiger partial charge on any atom is -0.481 e. The summed E-state index contributed by atoms with van der Waals surface area (Å²) in [7, 11) is 0. The van der Waals surface area contributed by atoms with E-state index in [1.165, 1.54) is 76.2 Å². The first-order chi connectivity index (χ1) is 10.7. The number of carboxylic acids is 1. The molecule has 0 aromatic heterocycles. The number of hydrogen-bond donors (Lipinski definition) is 1. The Bertz CT molecular complexity index is 281. The Labute approximate surface area is 138 Å². The van der Waals surface area contributed by atoms with Crippen LogP contribution in [0.5, 0.6) is 0 Å². The first-order valence-corrected chi connectivity index (χ1v) is 9.56. The molecule has 2 nitrogen and oxygen atoms in total. The highest BCUT2D eigenvalue weighted by Crippen LogP contribution is 2.17. The molecule has 0 radical (unpaired) electrons. The summed E-state index contributed by atoms with van der Waals surface area (Å²) in [6, 6.07) is 0. The normalized spacial score (nSPS) is 11.8. The average Bonchev–Trinajstić information content (AvgIpc) is 2.50. The van der Waals surface area contributed by atoms with E-state index >= 15 is 0 Å². The minimum absolute atomic E-state index is 0.301. The second-order valence-electron chi connectivity index (χ2n) is 6.48. The molecule has 0 saturated carbocycles. The van der Waals surface area contributed by atoms with E-state index < -0.39 is 5.97 Å². The maximum absolute atomic E-state index is 10.5. The molecule has 0 aliphatic heterocycles. The van der Waals surface area contributed by atoms with Gasteiger partial charge in [-0.1, -0.05) is 82.8 Å². The molecule has 2 heteroatoms. The molecule has 0 aliphatic rings. The second-order valence-corrected chi connectivity index (χ2v) is 6.48. The van der Waals surface area contributed by atoms with Crippen LogP contribution < -0.4 is 0 Å². The van der Waals surface area contributed by atoms with Crippen LogP contribution in [0.15, 0.2) is 11.6 Å². The van der Waals surface area contributed by atoms with E-state index in [0.29, 0.717) is 6.42 Å². The lowest BCUT2D eigenvalue weighted by Crippen LogP contribution is -1.95. The molecule has 0 aliphatic carbocycles. The van der Waals surface area contributed by atoms with Crippen molar-refractivity contribution >= 4 is 5.97 Å². The Morgan fingerprint density at radius 2 is 1.18 bits per heavy atom. The lowest BCUT2D eigenvalue weighted by atomic mass is 10.00. The fourth-order valence-corrected chi connectivity index (χ4v) is 2.90.